The van der Waals surface area contributed by atoms with Crippen molar-refractivity contribution in [2.75, 3.05) is 6.54 Å². The lowest BCUT2D eigenvalue weighted by Crippen LogP contribution is -2.34. The molecule has 1 aromatic rings. The van der Waals surface area contributed by atoms with Gasteiger partial charge in [-0.2, -0.15) is 0 Å². The van der Waals surface area contributed by atoms with Gasteiger partial charge in [0.05, 0.1) is 0 Å². The van der Waals surface area contributed by atoms with Gasteiger partial charge in [0.15, 0.2) is 0 Å². The van der Waals surface area contributed by atoms with Gasteiger partial charge in [-0.25, -0.2) is 0 Å². The summed E-state index contributed by atoms with van der Waals surface area (Å²) < 4.78 is 0. The van der Waals surface area contributed by atoms with Gasteiger partial charge < -0.3 is 11.1 Å². The van der Waals surface area contributed by atoms with Crippen LogP contribution in [0.2, 0.25) is 0 Å². The third kappa shape index (κ3) is 4.64. The van der Waals surface area contributed by atoms with Crippen LogP contribution in [0.15, 0.2) is 24.3 Å². The van der Waals surface area contributed by atoms with E-state index in [1.165, 1.54) is 11.1 Å². The number of nitrogens with two attached hydrogens (primary N) is 1. The van der Waals surface area contributed by atoms with Crippen molar-refractivity contribution in [2.45, 2.75) is 51.5 Å². The molecular formula is C17H26N2O. The topological polar surface area (TPSA) is 55.1 Å². The second-order valence-electron chi connectivity index (χ2n) is 6.01. The molecular weight excluding hydrogens is 248 g/mol. The monoisotopic (exact) mass is 274 g/mol. The molecule has 0 radical (unpaired) electrons. The Hall–Kier alpha value is -1.35. The molecule has 1 fully saturated rings. The van der Waals surface area contributed by atoms with E-state index >= 15 is 0 Å². The van der Waals surface area contributed by atoms with E-state index in [4.69, 9.17) is 5.73 Å². The highest BCUT2D eigenvalue weighted by Crippen LogP contribution is 2.22. The molecule has 0 bridgehead atoms. The van der Waals surface area contributed by atoms with Crippen LogP contribution in [-0.4, -0.2) is 18.5 Å². The average molecular weight is 274 g/mol. The van der Waals surface area contributed by atoms with E-state index in [2.05, 4.69) is 24.4 Å². The Morgan fingerprint density at radius 2 is 1.95 bits per heavy atom. The van der Waals surface area contributed by atoms with E-state index in [0.29, 0.717) is 18.4 Å². The smallest absolute Gasteiger partial charge is 0.220 e. The molecule has 0 aromatic heterocycles. The standard InChI is InChI=1S/C17H26N2O/c1-13-4-2-3-5-15(13)8-11-17(20)19-12-14-6-9-16(18)10-7-14/h2-5,14,16H,6-12,18H2,1H3,(H,19,20). The Balaban J connectivity index is 1.67. The molecule has 110 valence electrons. The number of carbonyl (C=O) groups excluding carboxylic acids is 1. The van der Waals surface area contributed by atoms with Crippen molar-refractivity contribution < 1.29 is 4.79 Å². The number of benzene rings is 1. The molecule has 0 atom stereocenters. The molecule has 3 N–H and O–H groups in total. The van der Waals surface area contributed by atoms with E-state index in [0.717, 1.165) is 38.6 Å². The summed E-state index contributed by atoms with van der Waals surface area (Å²) in [6, 6.07) is 8.64. The summed E-state index contributed by atoms with van der Waals surface area (Å²) in [6.07, 6.45) is 5.91. The van der Waals surface area contributed by atoms with Crippen LogP contribution in [0.4, 0.5) is 0 Å². The largest absolute Gasteiger partial charge is 0.356 e. The lowest BCUT2D eigenvalue weighted by molar-refractivity contribution is -0.121. The summed E-state index contributed by atoms with van der Waals surface area (Å²) in [5.74, 6) is 0.792. The van der Waals surface area contributed by atoms with E-state index in [9.17, 15) is 4.79 Å². The van der Waals surface area contributed by atoms with Crippen LogP contribution in [0.3, 0.4) is 0 Å². The van der Waals surface area contributed by atoms with Crippen LogP contribution in [0.1, 0.15) is 43.2 Å². The zero-order valence-corrected chi connectivity index (χ0v) is 12.4. The minimum Gasteiger partial charge on any atom is -0.356 e. The van der Waals surface area contributed by atoms with Crippen molar-refractivity contribution in [3.63, 3.8) is 0 Å². The molecule has 1 aromatic carbocycles. The molecule has 0 unspecified atom stereocenters. The second-order valence-corrected chi connectivity index (χ2v) is 6.01. The van der Waals surface area contributed by atoms with Crippen LogP contribution in [0.25, 0.3) is 0 Å². The third-order valence-corrected chi connectivity index (χ3v) is 4.36. The SMILES string of the molecule is Cc1ccccc1CCC(=O)NCC1CCC(N)CC1. The van der Waals surface area contributed by atoms with Crippen LogP contribution < -0.4 is 11.1 Å². The predicted molar refractivity (Wildman–Crippen MR) is 82.4 cm³/mol. The summed E-state index contributed by atoms with van der Waals surface area (Å²) in [5, 5.41) is 3.08. The van der Waals surface area contributed by atoms with E-state index in [1.54, 1.807) is 0 Å². The van der Waals surface area contributed by atoms with E-state index < -0.39 is 0 Å². The Kier molecular flexibility index (Phi) is 5.60. The molecule has 1 amide bonds. The first-order chi connectivity index (χ1) is 9.65. The maximum absolute atomic E-state index is 11.9. The number of carbonyl (C=O) groups is 1. The number of hydrogen-bond donors (Lipinski definition) is 2. The molecule has 1 aliphatic rings. The molecule has 0 aliphatic heterocycles. The zero-order valence-electron chi connectivity index (χ0n) is 12.4. The summed E-state index contributed by atoms with van der Waals surface area (Å²) in [7, 11) is 0. The molecule has 0 spiro atoms. The lowest BCUT2D eigenvalue weighted by atomic mass is 9.86. The molecule has 3 nitrogen and oxygen atoms in total. The third-order valence-electron chi connectivity index (χ3n) is 4.36. The first kappa shape index (κ1) is 15.0. The van der Waals surface area contributed by atoms with Crippen molar-refractivity contribution in [2.24, 2.45) is 11.7 Å². The minimum absolute atomic E-state index is 0.170. The van der Waals surface area contributed by atoms with Gasteiger partial charge in [0, 0.05) is 19.0 Å². The van der Waals surface area contributed by atoms with Gasteiger partial charge in [-0.1, -0.05) is 24.3 Å². The summed E-state index contributed by atoms with van der Waals surface area (Å²) >= 11 is 0. The highest BCUT2D eigenvalue weighted by Gasteiger charge is 2.18. The van der Waals surface area contributed by atoms with Gasteiger partial charge in [-0.3, -0.25) is 4.79 Å². The fourth-order valence-electron chi connectivity index (χ4n) is 2.88. The van der Waals surface area contributed by atoms with Gasteiger partial charge in [-0.15, -0.1) is 0 Å². The Morgan fingerprint density at radius 3 is 2.65 bits per heavy atom. The summed E-state index contributed by atoms with van der Waals surface area (Å²) in [6.45, 7) is 2.91. The number of rotatable bonds is 5. The minimum atomic E-state index is 0.170. The van der Waals surface area contributed by atoms with Gasteiger partial charge >= 0.3 is 0 Å². The zero-order chi connectivity index (χ0) is 14.4. The number of nitrogens with one attached hydrogen (secondary N) is 1. The number of aryl methyl sites for hydroxylation is 2. The van der Waals surface area contributed by atoms with Crippen LogP contribution in [0.5, 0.6) is 0 Å². The predicted octanol–water partition coefficient (Wildman–Crippen LogP) is 2.56. The van der Waals surface area contributed by atoms with E-state index in [-0.39, 0.29) is 5.91 Å². The molecule has 0 heterocycles. The molecule has 0 saturated heterocycles. The quantitative estimate of drug-likeness (QED) is 0.867. The Bertz CT molecular complexity index is 436. The molecule has 2 rings (SSSR count). The van der Waals surface area contributed by atoms with Crippen LogP contribution >= 0.6 is 0 Å². The van der Waals surface area contributed by atoms with Crippen LogP contribution in [0, 0.1) is 12.8 Å². The molecule has 1 saturated carbocycles. The molecule has 1 aliphatic carbocycles. The normalized spacial score (nSPS) is 22.5. The lowest BCUT2D eigenvalue weighted by Gasteiger charge is -2.26. The average Bonchev–Trinajstić information content (AvgIpc) is 2.46. The maximum atomic E-state index is 11.9. The first-order valence-corrected chi connectivity index (χ1v) is 7.72. The highest BCUT2D eigenvalue weighted by molar-refractivity contribution is 5.76. The van der Waals surface area contributed by atoms with Gasteiger partial charge in [0.2, 0.25) is 5.91 Å². The molecule has 20 heavy (non-hydrogen) atoms. The summed E-state index contributed by atoms with van der Waals surface area (Å²) in [4.78, 5) is 11.9. The number of hydrogen-bond acceptors (Lipinski definition) is 2. The summed E-state index contributed by atoms with van der Waals surface area (Å²) in [5.41, 5.74) is 8.43. The van der Waals surface area contributed by atoms with Crippen molar-refractivity contribution >= 4 is 5.91 Å². The fourth-order valence-corrected chi connectivity index (χ4v) is 2.88. The number of amides is 1. The Labute approximate surface area is 121 Å². The van der Waals surface area contributed by atoms with E-state index in [1.807, 2.05) is 12.1 Å². The Morgan fingerprint density at radius 1 is 1.25 bits per heavy atom. The van der Waals surface area contributed by atoms with Crippen molar-refractivity contribution in [1.29, 1.82) is 0 Å². The van der Waals surface area contributed by atoms with Crippen molar-refractivity contribution in [3.05, 3.63) is 35.4 Å². The maximum Gasteiger partial charge on any atom is 0.220 e. The second kappa shape index (κ2) is 7.44. The fraction of sp³-hybridized carbons (Fsp3) is 0.588. The van der Waals surface area contributed by atoms with Gasteiger partial charge in [-0.05, 0) is 56.1 Å². The first-order valence-electron chi connectivity index (χ1n) is 7.72. The van der Waals surface area contributed by atoms with Gasteiger partial charge in [0.1, 0.15) is 0 Å². The van der Waals surface area contributed by atoms with Gasteiger partial charge in [0.25, 0.3) is 0 Å². The van der Waals surface area contributed by atoms with Crippen LogP contribution in [-0.2, 0) is 11.2 Å². The van der Waals surface area contributed by atoms with Crippen molar-refractivity contribution in [1.82, 2.24) is 5.32 Å². The molecule has 3 heteroatoms. The highest BCUT2D eigenvalue weighted by atomic mass is 16.1. The van der Waals surface area contributed by atoms with Crippen molar-refractivity contribution in [3.8, 4) is 0 Å².